The highest BCUT2D eigenvalue weighted by molar-refractivity contribution is 7.90. The van der Waals surface area contributed by atoms with E-state index < -0.39 is 21.8 Å². The van der Waals surface area contributed by atoms with Gasteiger partial charge in [-0.3, -0.25) is 4.31 Å². The van der Waals surface area contributed by atoms with Gasteiger partial charge < -0.3 is 4.74 Å². The van der Waals surface area contributed by atoms with Gasteiger partial charge in [0.2, 0.25) is 0 Å². The molecule has 1 aromatic carbocycles. The largest absolute Gasteiger partial charge is 0.463 e. The van der Waals surface area contributed by atoms with E-state index >= 15 is 0 Å². The summed E-state index contributed by atoms with van der Waals surface area (Å²) in [4.78, 5) is 11.8. The van der Waals surface area contributed by atoms with Gasteiger partial charge in [-0.1, -0.05) is 0 Å². The van der Waals surface area contributed by atoms with Crippen LogP contribution in [-0.2, 0) is 19.6 Å². The number of rotatable bonds is 2. The SMILES string of the molecule is CCOC(=O)C1=C2c3ccc(F)cc3S(=O)(=O)N2CC1. The van der Waals surface area contributed by atoms with E-state index in [1.54, 1.807) is 6.92 Å². The Balaban J connectivity index is 2.23. The molecule has 0 aliphatic carbocycles. The molecule has 2 aliphatic rings. The summed E-state index contributed by atoms with van der Waals surface area (Å²) >= 11 is 0. The normalized spacial score (nSPS) is 19.0. The lowest BCUT2D eigenvalue weighted by Crippen LogP contribution is -2.21. The summed E-state index contributed by atoms with van der Waals surface area (Å²) in [6, 6.07) is 3.56. The van der Waals surface area contributed by atoms with Gasteiger partial charge in [0, 0.05) is 18.5 Å². The fourth-order valence-electron chi connectivity index (χ4n) is 2.57. The zero-order chi connectivity index (χ0) is 14.5. The van der Waals surface area contributed by atoms with Crippen molar-refractivity contribution in [2.75, 3.05) is 13.2 Å². The molecule has 0 saturated carbocycles. The van der Waals surface area contributed by atoms with Gasteiger partial charge >= 0.3 is 5.97 Å². The topological polar surface area (TPSA) is 63.7 Å². The molecule has 0 amide bonds. The van der Waals surface area contributed by atoms with Crippen molar-refractivity contribution in [2.24, 2.45) is 0 Å². The van der Waals surface area contributed by atoms with Crippen molar-refractivity contribution in [3.05, 3.63) is 35.2 Å². The Bertz CT molecular complexity index is 739. The maximum atomic E-state index is 13.3. The Hall–Kier alpha value is -1.89. The van der Waals surface area contributed by atoms with Crippen LogP contribution in [0.25, 0.3) is 5.70 Å². The van der Waals surface area contributed by atoms with E-state index in [9.17, 15) is 17.6 Å². The molecule has 2 heterocycles. The Kier molecular flexibility index (Phi) is 2.82. The van der Waals surface area contributed by atoms with Crippen LogP contribution >= 0.6 is 0 Å². The third-order valence-corrected chi connectivity index (χ3v) is 5.23. The second-order valence-electron chi connectivity index (χ2n) is 4.52. The molecule has 0 radical (unpaired) electrons. The van der Waals surface area contributed by atoms with Crippen LogP contribution in [0.5, 0.6) is 0 Å². The Morgan fingerprint density at radius 3 is 2.90 bits per heavy atom. The van der Waals surface area contributed by atoms with Gasteiger partial charge in [0.1, 0.15) is 5.82 Å². The molecule has 106 valence electrons. The number of benzene rings is 1. The van der Waals surface area contributed by atoms with Gasteiger partial charge in [0.25, 0.3) is 10.0 Å². The highest BCUT2D eigenvalue weighted by Gasteiger charge is 2.44. The van der Waals surface area contributed by atoms with E-state index in [0.29, 0.717) is 23.3 Å². The van der Waals surface area contributed by atoms with Crippen LogP contribution in [0.2, 0.25) is 0 Å². The number of fused-ring (bicyclic) bond motifs is 3. The van der Waals surface area contributed by atoms with Crippen LogP contribution < -0.4 is 0 Å². The molecule has 0 unspecified atom stereocenters. The van der Waals surface area contributed by atoms with Crippen molar-refractivity contribution in [3.63, 3.8) is 0 Å². The lowest BCUT2D eigenvalue weighted by Gasteiger charge is -2.11. The summed E-state index contributed by atoms with van der Waals surface area (Å²) < 4.78 is 44.0. The van der Waals surface area contributed by atoms with Gasteiger partial charge in [0.05, 0.1) is 22.8 Å². The molecule has 1 aromatic rings. The smallest absolute Gasteiger partial charge is 0.336 e. The number of carbonyl (C=O) groups excluding carboxylic acids is 1. The number of sulfonamides is 1. The monoisotopic (exact) mass is 297 g/mol. The Morgan fingerprint density at radius 2 is 2.20 bits per heavy atom. The molecular formula is C13H12FNO4S. The van der Waals surface area contributed by atoms with Gasteiger partial charge in [-0.25, -0.2) is 17.6 Å². The van der Waals surface area contributed by atoms with Gasteiger partial charge in [-0.05, 0) is 25.1 Å². The fraction of sp³-hybridized carbons (Fsp3) is 0.308. The van der Waals surface area contributed by atoms with E-state index in [4.69, 9.17) is 4.74 Å². The molecule has 0 atom stereocenters. The molecule has 0 saturated heterocycles. The van der Waals surface area contributed by atoms with E-state index in [1.165, 1.54) is 12.1 Å². The average molecular weight is 297 g/mol. The van der Waals surface area contributed by atoms with Crippen molar-refractivity contribution in [2.45, 2.75) is 18.2 Å². The van der Waals surface area contributed by atoms with Crippen LogP contribution in [0, 0.1) is 5.82 Å². The van der Waals surface area contributed by atoms with Crippen LogP contribution in [0.4, 0.5) is 4.39 Å². The predicted octanol–water partition coefficient (Wildman–Crippen LogP) is 1.51. The van der Waals surface area contributed by atoms with Crippen LogP contribution in [0.1, 0.15) is 18.9 Å². The van der Waals surface area contributed by atoms with Gasteiger partial charge in [-0.2, -0.15) is 0 Å². The molecule has 5 nitrogen and oxygen atoms in total. The minimum absolute atomic E-state index is 0.0889. The minimum atomic E-state index is -3.76. The molecule has 7 heteroatoms. The maximum absolute atomic E-state index is 13.3. The highest BCUT2D eigenvalue weighted by atomic mass is 32.2. The fourth-order valence-corrected chi connectivity index (χ4v) is 4.29. The quantitative estimate of drug-likeness (QED) is 0.776. The first-order chi connectivity index (χ1) is 9.46. The number of ether oxygens (including phenoxy) is 1. The van der Waals surface area contributed by atoms with Crippen molar-refractivity contribution >= 4 is 21.7 Å². The summed E-state index contributed by atoms with van der Waals surface area (Å²) in [7, 11) is -3.76. The second kappa shape index (κ2) is 4.31. The van der Waals surface area contributed by atoms with E-state index in [-0.39, 0.29) is 18.0 Å². The number of nitrogens with zero attached hydrogens (tertiary/aromatic N) is 1. The molecule has 0 fully saturated rings. The third kappa shape index (κ3) is 1.66. The van der Waals surface area contributed by atoms with Crippen molar-refractivity contribution < 1.29 is 22.3 Å². The summed E-state index contributed by atoms with van der Waals surface area (Å²) in [5.41, 5.74) is 1.03. The first-order valence-electron chi connectivity index (χ1n) is 6.19. The standard InChI is InChI=1S/C13H12FNO4S/c1-2-19-13(16)10-5-6-15-12(10)9-4-3-8(14)7-11(9)20(15,17)18/h3-4,7H,2,5-6H2,1H3. The molecule has 0 aromatic heterocycles. The Labute approximate surface area is 115 Å². The van der Waals surface area contributed by atoms with Crippen molar-refractivity contribution in [1.82, 2.24) is 4.31 Å². The number of halogens is 1. The molecule has 0 bridgehead atoms. The van der Waals surface area contributed by atoms with Crippen molar-refractivity contribution in [1.29, 1.82) is 0 Å². The lowest BCUT2D eigenvalue weighted by atomic mass is 10.1. The lowest BCUT2D eigenvalue weighted by molar-refractivity contribution is -0.138. The number of hydrogen-bond acceptors (Lipinski definition) is 4. The van der Waals surface area contributed by atoms with Gasteiger partial charge in [-0.15, -0.1) is 0 Å². The molecule has 0 N–H and O–H groups in total. The first-order valence-corrected chi connectivity index (χ1v) is 7.63. The second-order valence-corrected chi connectivity index (χ2v) is 6.35. The summed E-state index contributed by atoms with van der Waals surface area (Å²) in [6.07, 6.45) is 0.310. The summed E-state index contributed by atoms with van der Waals surface area (Å²) in [5, 5.41) is 0. The van der Waals surface area contributed by atoms with Gasteiger partial charge in [0.15, 0.2) is 0 Å². The van der Waals surface area contributed by atoms with Crippen LogP contribution in [0.3, 0.4) is 0 Å². The molecule has 2 aliphatic heterocycles. The zero-order valence-electron chi connectivity index (χ0n) is 10.7. The van der Waals surface area contributed by atoms with Crippen LogP contribution in [-0.4, -0.2) is 31.8 Å². The van der Waals surface area contributed by atoms with E-state index in [1.807, 2.05) is 0 Å². The first kappa shape index (κ1) is 13.1. The van der Waals surface area contributed by atoms with Crippen LogP contribution in [0.15, 0.2) is 28.7 Å². The summed E-state index contributed by atoms with van der Waals surface area (Å²) in [6.45, 7) is 2.09. The Morgan fingerprint density at radius 1 is 1.45 bits per heavy atom. The maximum Gasteiger partial charge on any atom is 0.336 e. The minimum Gasteiger partial charge on any atom is -0.463 e. The predicted molar refractivity (Wildman–Crippen MR) is 68.5 cm³/mol. The number of esters is 1. The van der Waals surface area contributed by atoms with E-state index in [2.05, 4.69) is 0 Å². The molecule has 3 rings (SSSR count). The highest BCUT2D eigenvalue weighted by Crippen LogP contribution is 2.45. The van der Waals surface area contributed by atoms with E-state index in [0.717, 1.165) is 10.4 Å². The van der Waals surface area contributed by atoms with Crippen molar-refractivity contribution in [3.8, 4) is 0 Å². The third-order valence-electron chi connectivity index (χ3n) is 3.39. The molecule has 0 spiro atoms. The molecular weight excluding hydrogens is 285 g/mol. The number of hydrogen-bond donors (Lipinski definition) is 0. The summed E-state index contributed by atoms with van der Waals surface area (Å²) in [5.74, 6) is -1.14. The number of carbonyl (C=O) groups is 1. The zero-order valence-corrected chi connectivity index (χ0v) is 11.5. The average Bonchev–Trinajstić information content (AvgIpc) is 2.91. The molecule has 20 heavy (non-hydrogen) atoms.